The quantitative estimate of drug-likeness (QED) is 0.0578. The van der Waals surface area contributed by atoms with Crippen molar-refractivity contribution in [2.75, 3.05) is 47.3 Å². The predicted molar refractivity (Wildman–Crippen MR) is 249 cm³/mol. The molecule has 334 valence electrons. The molecule has 0 saturated heterocycles. The summed E-state index contributed by atoms with van der Waals surface area (Å²) in [5, 5.41) is 0. The van der Waals surface area contributed by atoms with Crippen LogP contribution in [-0.4, -0.2) is 73.8 Å². The van der Waals surface area contributed by atoms with Crippen molar-refractivity contribution in [3.63, 3.8) is 0 Å². The van der Waals surface area contributed by atoms with E-state index in [1.54, 1.807) is 0 Å². The van der Waals surface area contributed by atoms with Gasteiger partial charge in [0.2, 0.25) is 11.8 Å². The van der Waals surface area contributed by atoms with Crippen molar-refractivity contribution in [1.29, 1.82) is 0 Å². The third-order valence-corrected chi connectivity index (χ3v) is 12.6. The first kappa shape index (κ1) is 54.9. The molecule has 0 radical (unpaired) electrons. The van der Waals surface area contributed by atoms with Gasteiger partial charge in [0.25, 0.3) is 0 Å². The second-order valence-electron chi connectivity index (χ2n) is 18.3. The first-order chi connectivity index (χ1) is 27.3. The van der Waals surface area contributed by atoms with Gasteiger partial charge in [-0.2, -0.15) is 0 Å². The van der Waals surface area contributed by atoms with Crippen LogP contribution in [0.4, 0.5) is 0 Å². The highest BCUT2D eigenvalue weighted by molar-refractivity contribution is 5.79. The van der Waals surface area contributed by atoms with E-state index in [2.05, 4.69) is 63.5 Å². The normalized spacial score (nSPS) is 12.7. The number of nitrogens with zero attached hydrogens (tertiary/aromatic N) is 3. The minimum Gasteiger partial charge on any atom is -0.346 e. The summed E-state index contributed by atoms with van der Waals surface area (Å²) >= 11 is 0. The highest BCUT2D eigenvalue weighted by Gasteiger charge is 2.22. The Balaban J connectivity index is 4.03. The number of amides is 2. The van der Waals surface area contributed by atoms with Gasteiger partial charge in [-0.25, -0.2) is 0 Å². The van der Waals surface area contributed by atoms with Crippen LogP contribution in [0.1, 0.15) is 259 Å². The molecule has 0 aromatic heterocycles. The van der Waals surface area contributed by atoms with Crippen LogP contribution in [0.15, 0.2) is 0 Å². The molecule has 5 nitrogen and oxygen atoms in total. The molecule has 0 aliphatic heterocycles. The van der Waals surface area contributed by atoms with Gasteiger partial charge in [0, 0.05) is 39.0 Å². The zero-order chi connectivity index (χ0) is 41.3. The summed E-state index contributed by atoms with van der Waals surface area (Å²) in [5.41, 5.74) is 0. The lowest BCUT2D eigenvalue weighted by Crippen LogP contribution is -2.33. The van der Waals surface area contributed by atoms with Crippen LogP contribution < -0.4 is 0 Å². The van der Waals surface area contributed by atoms with Crippen LogP contribution in [-0.2, 0) is 9.59 Å². The number of carbonyl (C=O) groups is 2. The van der Waals surface area contributed by atoms with Crippen LogP contribution in [0, 0.1) is 11.8 Å². The second kappa shape index (κ2) is 42.0. The molecule has 0 bridgehead atoms. The van der Waals surface area contributed by atoms with E-state index < -0.39 is 0 Å². The molecule has 56 heavy (non-hydrogen) atoms. The molecule has 0 aromatic carbocycles. The number of rotatable bonds is 44. The first-order valence-corrected chi connectivity index (χ1v) is 25.5. The van der Waals surface area contributed by atoms with E-state index in [9.17, 15) is 9.59 Å². The average Bonchev–Trinajstić information content (AvgIpc) is 3.20. The Labute approximate surface area is 353 Å². The first-order valence-electron chi connectivity index (χ1n) is 25.5. The molecule has 0 saturated carbocycles. The molecule has 0 aromatic rings. The molecule has 0 rings (SSSR count). The van der Waals surface area contributed by atoms with Gasteiger partial charge in [-0.1, -0.05) is 207 Å². The lowest BCUT2D eigenvalue weighted by molar-refractivity contribution is -0.135. The van der Waals surface area contributed by atoms with Gasteiger partial charge >= 0.3 is 0 Å². The number of carbonyl (C=O) groups excluding carboxylic acids is 2. The molecule has 2 unspecified atom stereocenters. The minimum atomic E-state index is 0.248. The van der Waals surface area contributed by atoms with E-state index in [0.29, 0.717) is 11.8 Å². The Kier molecular flexibility index (Phi) is 41.2. The molecule has 0 fully saturated rings. The van der Waals surface area contributed by atoms with Gasteiger partial charge in [0.1, 0.15) is 0 Å². The third-order valence-electron chi connectivity index (χ3n) is 12.6. The van der Waals surface area contributed by atoms with Crippen molar-refractivity contribution >= 4 is 11.8 Å². The van der Waals surface area contributed by atoms with Gasteiger partial charge in [-0.3, -0.25) is 9.59 Å². The smallest absolute Gasteiger partial charge is 0.225 e. The molecule has 0 aliphatic rings. The van der Waals surface area contributed by atoms with Crippen molar-refractivity contribution in [3.8, 4) is 0 Å². The Hall–Kier alpha value is -1.10. The standard InChI is InChI=1S/C51H103N3O2/c1-8-12-16-20-26-34-42-48(40-32-18-14-10-3)50(55)53(6)46-38-30-24-22-28-36-44-52(5)45-37-29-23-25-31-39-47-54(7)51(56)49(41-33-19-15-11-4)43-35-27-21-17-13-9-2/h48-49H,8-47H2,1-7H3. The minimum absolute atomic E-state index is 0.248. The summed E-state index contributed by atoms with van der Waals surface area (Å²) < 4.78 is 0. The molecule has 2 amide bonds. The summed E-state index contributed by atoms with van der Waals surface area (Å²) in [7, 11) is 6.42. The summed E-state index contributed by atoms with van der Waals surface area (Å²) in [6.07, 6.45) is 45.5. The topological polar surface area (TPSA) is 43.9 Å². The Morgan fingerprint density at radius 3 is 0.804 bits per heavy atom. The van der Waals surface area contributed by atoms with Crippen molar-refractivity contribution in [2.24, 2.45) is 11.8 Å². The average molecular weight is 790 g/mol. The maximum absolute atomic E-state index is 13.4. The molecule has 5 heteroatoms. The summed E-state index contributed by atoms with van der Waals surface area (Å²) in [4.78, 5) is 33.4. The van der Waals surface area contributed by atoms with Crippen LogP contribution in [0.2, 0.25) is 0 Å². The highest BCUT2D eigenvalue weighted by atomic mass is 16.2. The van der Waals surface area contributed by atoms with Gasteiger partial charge in [-0.15, -0.1) is 0 Å². The largest absolute Gasteiger partial charge is 0.346 e. The molecule has 0 heterocycles. The van der Waals surface area contributed by atoms with E-state index in [0.717, 1.165) is 51.6 Å². The molecule has 2 atom stereocenters. The summed E-state index contributed by atoms with van der Waals surface area (Å²) in [5.74, 6) is 1.34. The number of hydrogen-bond donors (Lipinski definition) is 0. The fourth-order valence-corrected chi connectivity index (χ4v) is 8.59. The lowest BCUT2D eigenvalue weighted by Gasteiger charge is -2.24. The van der Waals surface area contributed by atoms with E-state index in [1.165, 1.54) is 206 Å². The van der Waals surface area contributed by atoms with Gasteiger partial charge in [0.15, 0.2) is 0 Å². The summed E-state index contributed by atoms with van der Waals surface area (Å²) in [6, 6.07) is 0. The second-order valence-corrected chi connectivity index (χ2v) is 18.3. The van der Waals surface area contributed by atoms with Crippen LogP contribution >= 0.6 is 0 Å². The predicted octanol–water partition coefficient (Wildman–Crippen LogP) is 15.2. The van der Waals surface area contributed by atoms with Crippen molar-refractivity contribution in [1.82, 2.24) is 14.7 Å². The molecule has 0 aliphatic carbocycles. The lowest BCUT2D eigenvalue weighted by atomic mass is 9.93. The van der Waals surface area contributed by atoms with Crippen LogP contribution in [0.5, 0.6) is 0 Å². The maximum Gasteiger partial charge on any atom is 0.225 e. The van der Waals surface area contributed by atoms with E-state index in [4.69, 9.17) is 0 Å². The van der Waals surface area contributed by atoms with Gasteiger partial charge in [0.05, 0.1) is 0 Å². The number of unbranched alkanes of at least 4 members (excludes halogenated alkanes) is 26. The van der Waals surface area contributed by atoms with E-state index in [-0.39, 0.29) is 11.8 Å². The van der Waals surface area contributed by atoms with Crippen molar-refractivity contribution in [2.45, 2.75) is 259 Å². The van der Waals surface area contributed by atoms with Gasteiger partial charge in [-0.05, 0) is 71.5 Å². The van der Waals surface area contributed by atoms with Gasteiger partial charge < -0.3 is 14.7 Å². The Morgan fingerprint density at radius 1 is 0.304 bits per heavy atom. The van der Waals surface area contributed by atoms with Crippen LogP contribution in [0.3, 0.4) is 0 Å². The zero-order valence-electron chi connectivity index (χ0n) is 39.6. The maximum atomic E-state index is 13.4. The number of hydrogen-bond acceptors (Lipinski definition) is 3. The molecular formula is C51H103N3O2. The molecular weight excluding hydrogens is 687 g/mol. The fourth-order valence-electron chi connectivity index (χ4n) is 8.59. The Morgan fingerprint density at radius 2 is 0.518 bits per heavy atom. The fraction of sp³-hybridized carbons (Fsp3) is 0.961. The van der Waals surface area contributed by atoms with E-state index >= 15 is 0 Å². The SMILES string of the molecule is CCCCCCCCC(CCCCCC)C(=O)N(C)CCCCCCCCN(C)CCCCCCCCN(C)C(=O)C(CCCCCC)CCCCCCCC. The van der Waals surface area contributed by atoms with E-state index in [1.807, 2.05) is 0 Å². The van der Waals surface area contributed by atoms with Crippen LogP contribution in [0.25, 0.3) is 0 Å². The highest BCUT2D eigenvalue weighted by Crippen LogP contribution is 2.23. The zero-order valence-corrected chi connectivity index (χ0v) is 39.6. The van der Waals surface area contributed by atoms with Crippen molar-refractivity contribution in [3.05, 3.63) is 0 Å². The molecule has 0 N–H and O–H groups in total. The Bertz CT molecular complexity index is 768. The monoisotopic (exact) mass is 790 g/mol. The third kappa shape index (κ3) is 33.8. The van der Waals surface area contributed by atoms with Crippen molar-refractivity contribution < 1.29 is 9.59 Å². The summed E-state index contributed by atoms with van der Waals surface area (Å²) in [6.45, 7) is 13.4. The molecule has 0 spiro atoms.